The molecule has 0 bridgehead atoms. The topological polar surface area (TPSA) is 65.7 Å². The number of hydrogen-bond donors (Lipinski definition) is 0. The molecule has 0 N–H and O–H groups in total. The van der Waals surface area contributed by atoms with Crippen LogP contribution in [0.2, 0.25) is 0 Å². The van der Waals surface area contributed by atoms with E-state index in [4.69, 9.17) is 9.47 Å². The number of ether oxygens (including phenoxy) is 2. The van der Waals surface area contributed by atoms with Crippen LogP contribution in [0.1, 0.15) is 29.4 Å². The van der Waals surface area contributed by atoms with Gasteiger partial charge in [-0.25, -0.2) is 4.98 Å². The van der Waals surface area contributed by atoms with Crippen molar-refractivity contribution < 1.29 is 9.47 Å². The second kappa shape index (κ2) is 11.7. The smallest absolute Gasteiger partial charge is 0.282 e. The lowest BCUT2D eigenvalue weighted by molar-refractivity contribution is 0.282. The van der Waals surface area contributed by atoms with E-state index in [9.17, 15) is 4.79 Å². The Labute approximate surface area is 226 Å². The van der Waals surface area contributed by atoms with Crippen LogP contribution in [0, 0.1) is 0 Å². The zero-order valence-electron chi connectivity index (χ0n) is 20.0. The maximum Gasteiger partial charge on any atom is 0.282 e. The molecule has 0 spiro atoms. The van der Waals surface area contributed by atoms with E-state index in [1.165, 1.54) is 4.68 Å². The summed E-state index contributed by atoms with van der Waals surface area (Å²) in [7, 11) is 1.60. The quantitative estimate of drug-likeness (QED) is 0.157. The zero-order chi connectivity index (χ0) is 25.7. The molecule has 3 aromatic carbocycles. The number of allylic oxidation sites excluding steroid dienone is 1. The number of benzene rings is 3. The molecule has 6 nitrogen and oxygen atoms in total. The summed E-state index contributed by atoms with van der Waals surface area (Å²) in [5, 5.41) is 5.01. The van der Waals surface area contributed by atoms with Crippen molar-refractivity contribution >= 4 is 49.0 Å². The highest BCUT2D eigenvalue weighted by Gasteiger charge is 2.14. The monoisotopic (exact) mass is 609 g/mol. The Hall–Kier alpha value is -3.23. The lowest BCUT2D eigenvalue weighted by Gasteiger charge is -2.16. The predicted molar refractivity (Wildman–Crippen MR) is 151 cm³/mol. The normalized spacial score (nSPS) is 11.2. The van der Waals surface area contributed by atoms with Crippen molar-refractivity contribution in [3.05, 3.63) is 109 Å². The van der Waals surface area contributed by atoms with Crippen LogP contribution in [-0.4, -0.2) is 23.0 Å². The molecule has 36 heavy (non-hydrogen) atoms. The molecule has 8 heteroatoms. The van der Waals surface area contributed by atoms with E-state index in [1.54, 1.807) is 19.4 Å². The molecular formula is C28H25Br2N3O3. The van der Waals surface area contributed by atoms with Gasteiger partial charge in [-0.15, -0.1) is 6.58 Å². The number of aryl methyl sites for hydroxylation is 1. The van der Waals surface area contributed by atoms with Gasteiger partial charge in [-0.2, -0.15) is 9.78 Å². The van der Waals surface area contributed by atoms with Gasteiger partial charge in [0.05, 0.1) is 24.2 Å². The summed E-state index contributed by atoms with van der Waals surface area (Å²) < 4.78 is 15.0. The van der Waals surface area contributed by atoms with E-state index in [1.807, 2.05) is 61.5 Å². The van der Waals surface area contributed by atoms with Gasteiger partial charge in [0.1, 0.15) is 12.4 Å². The van der Waals surface area contributed by atoms with Crippen molar-refractivity contribution in [3.8, 4) is 11.5 Å². The van der Waals surface area contributed by atoms with Crippen LogP contribution in [0.5, 0.6) is 11.5 Å². The number of fused-ring (bicyclic) bond motifs is 1. The Morgan fingerprint density at radius 3 is 2.53 bits per heavy atom. The van der Waals surface area contributed by atoms with Gasteiger partial charge in [0, 0.05) is 20.9 Å². The lowest BCUT2D eigenvalue weighted by atomic mass is 10.1. The number of halogens is 2. The maximum atomic E-state index is 13.2. The summed E-state index contributed by atoms with van der Waals surface area (Å²) in [6, 6.07) is 17.2. The van der Waals surface area contributed by atoms with Gasteiger partial charge in [-0.3, -0.25) is 4.79 Å². The summed E-state index contributed by atoms with van der Waals surface area (Å²) in [5.41, 5.74) is 3.14. The molecule has 1 aromatic heterocycles. The molecule has 0 aliphatic heterocycles. The van der Waals surface area contributed by atoms with E-state index >= 15 is 0 Å². The molecule has 0 atom stereocenters. The molecule has 4 rings (SSSR count). The molecule has 0 saturated heterocycles. The summed E-state index contributed by atoms with van der Waals surface area (Å²) >= 11 is 6.88. The van der Waals surface area contributed by atoms with Crippen molar-refractivity contribution in [1.29, 1.82) is 0 Å². The molecule has 4 aromatic rings. The molecule has 1 heterocycles. The maximum absolute atomic E-state index is 13.2. The highest BCUT2D eigenvalue weighted by molar-refractivity contribution is 9.10. The summed E-state index contributed by atoms with van der Waals surface area (Å²) in [4.78, 5) is 17.8. The van der Waals surface area contributed by atoms with Crippen LogP contribution >= 0.6 is 31.9 Å². The summed E-state index contributed by atoms with van der Waals surface area (Å²) in [5.74, 6) is 1.82. The molecule has 0 amide bonds. The van der Waals surface area contributed by atoms with Crippen LogP contribution in [0.25, 0.3) is 10.9 Å². The van der Waals surface area contributed by atoms with Crippen LogP contribution in [0.15, 0.2) is 86.1 Å². The van der Waals surface area contributed by atoms with Crippen molar-refractivity contribution in [2.45, 2.75) is 26.4 Å². The fourth-order valence-corrected chi connectivity index (χ4v) is 4.41. The van der Waals surface area contributed by atoms with Gasteiger partial charge in [0.2, 0.25) is 0 Å². The minimum atomic E-state index is -0.220. The van der Waals surface area contributed by atoms with Crippen molar-refractivity contribution in [1.82, 2.24) is 9.66 Å². The number of hydrogen-bond acceptors (Lipinski definition) is 5. The van der Waals surface area contributed by atoms with Crippen molar-refractivity contribution in [2.75, 3.05) is 7.11 Å². The van der Waals surface area contributed by atoms with Gasteiger partial charge >= 0.3 is 0 Å². The van der Waals surface area contributed by atoms with Crippen LogP contribution < -0.4 is 15.0 Å². The molecule has 0 radical (unpaired) electrons. The highest BCUT2D eigenvalue weighted by atomic mass is 79.9. The molecule has 0 unspecified atom stereocenters. The zero-order valence-corrected chi connectivity index (χ0v) is 23.2. The molecule has 0 aliphatic carbocycles. The van der Waals surface area contributed by atoms with E-state index in [2.05, 4.69) is 48.5 Å². The van der Waals surface area contributed by atoms with E-state index in [0.717, 1.165) is 25.6 Å². The van der Waals surface area contributed by atoms with Gasteiger partial charge in [0.15, 0.2) is 11.5 Å². The Kier molecular flexibility index (Phi) is 8.38. The van der Waals surface area contributed by atoms with Gasteiger partial charge < -0.3 is 9.47 Å². The molecular weight excluding hydrogens is 586 g/mol. The minimum absolute atomic E-state index is 0.220. The van der Waals surface area contributed by atoms with Crippen LogP contribution in [-0.2, 0) is 19.4 Å². The first-order valence-corrected chi connectivity index (χ1v) is 13.0. The Morgan fingerprint density at radius 2 is 1.83 bits per heavy atom. The largest absolute Gasteiger partial charge is 0.493 e. The minimum Gasteiger partial charge on any atom is -0.493 e. The SMILES string of the molecule is C=CCc1cc(C=Nn2c(CC)nc3ccc(Br)cc3c2=O)cc(OC)c1OCc1ccc(Br)cc1. The molecule has 0 fully saturated rings. The standard InChI is InChI=1S/C28H25Br2N3O3/c1-4-6-20-13-19(14-25(35-3)27(20)36-17-18-7-9-21(29)10-8-18)16-31-33-26(5-2)32-24-12-11-22(30)15-23(24)28(33)34/h4,7-16H,1,5-6,17H2,2-3H3. The lowest BCUT2D eigenvalue weighted by Crippen LogP contribution is -2.22. The van der Waals surface area contributed by atoms with E-state index in [0.29, 0.717) is 47.7 Å². The average Bonchev–Trinajstić information content (AvgIpc) is 2.88. The van der Waals surface area contributed by atoms with Gasteiger partial charge in [0.25, 0.3) is 5.56 Å². The first kappa shape index (κ1) is 25.9. The third-order valence-corrected chi connectivity index (χ3v) is 6.57. The molecule has 0 aliphatic rings. The Balaban J connectivity index is 1.71. The number of aromatic nitrogens is 2. The second-order valence-electron chi connectivity index (χ2n) is 8.02. The highest BCUT2D eigenvalue weighted by Crippen LogP contribution is 2.34. The van der Waals surface area contributed by atoms with E-state index < -0.39 is 0 Å². The predicted octanol–water partition coefficient (Wildman–Crippen LogP) is 6.68. The Morgan fingerprint density at radius 1 is 1.08 bits per heavy atom. The first-order chi connectivity index (χ1) is 17.4. The van der Waals surface area contributed by atoms with Crippen LogP contribution in [0.4, 0.5) is 0 Å². The summed E-state index contributed by atoms with van der Waals surface area (Å²) in [6.07, 6.45) is 4.60. The van der Waals surface area contributed by atoms with Gasteiger partial charge in [-0.05, 0) is 60.0 Å². The van der Waals surface area contributed by atoms with Crippen molar-refractivity contribution in [3.63, 3.8) is 0 Å². The number of nitrogens with zero attached hydrogens (tertiary/aromatic N) is 3. The fourth-order valence-electron chi connectivity index (χ4n) is 3.78. The van der Waals surface area contributed by atoms with Crippen LogP contribution in [0.3, 0.4) is 0 Å². The van der Waals surface area contributed by atoms with E-state index in [-0.39, 0.29) is 5.56 Å². The first-order valence-electron chi connectivity index (χ1n) is 11.4. The van der Waals surface area contributed by atoms with Gasteiger partial charge in [-0.1, -0.05) is 57.0 Å². The van der Waals surface area contributed by atoms with Crippen molar-refractivity contribution in [2.24, 2.45) is 5.10 Å². The molecule has 0 saturated carbocycles. The Bertz CT molecular complexity index is 1500. The average molecular weight is 611 g/mol. The second-order valence-corrected chi connectivity index (χ2v) is 9.86. The third-order valence-electron chi connectivity index (χ3n) is 5.55. The number of methoxy groups -OCH3 is 1. The fraction of sp³-hybridized carbons (Fsp3) is 0.179. The molecule has 184 valence electrons. The summed E-state index contributed by atoms with van der Waals surface area (Å²) in [6.45, 7) is 6.22. The number of rotatable bonds is 9. The third kappa shape index (κ3) is 5.77.